The van der Waals surface area contributed by atoms with Gasteiger partial charge in [-0.3, -0.25) is 9.91 Å². The lowest BCUT2D eigenvalue weighted by atomic mass is 10.2. The number of hydrazone groups is 1. The van der Waals surface area contributed by atoms with Crippen LogP contribution in [-0.2, 0) is 6.54 Å². The number of hydrogen-bond acceptors (Lipinski definition) is 4. The van der Waals surface area contributed by atoms with Crippen LogP contribution in [0.2, 0.25) is 5.02 Å². The highest BCUT2D eigenvalue weighted by molar-refractivity contribution is 6.30. The fourth-order valence-electron chi connectivity index (χ4n) is 2.52. The number of piperazine rings is 1. The van der Waals surface area contributed by atoms with Gasteiger partial charge in [0.05, 0.1) is 6.26 Å². The zero-order valence-electron chi connectivity index (χ0n) is 12.9. The van der Waals surface area contributed by atoms with Crippen molar-refractivity contribution in [1.82, 2.24) is 9.91 Å². The number of halogens is 1. The Morgan fingerprint density at radius 1 is 1.09 bits per heavy atom. The summed E-state index contributed by atoms with van der Waals surface area (Å²) >= 11 is 5.92. The third kappa shape index (κ3) is 4.98. The molecule has 1 aliphatic rings. The molecule has 120 valence electrons. The van der Waals surface area contributed by atoms with Crippen LogP contribution in [0.25, 0.3) is 6.08 Å². The molecule has 0 saturated carbocycles. The van der Waals surface area contributed by atoms with Crippen LogP contribution in [-0.4, -0.2) is 42.3 Å². The van der Waals surface area contributed by atoms with Gasteiger partial charge in [0.25, 0.3) is 0 Å². The molecule has 1 aliphatic heterocycles. The average Bonchev–Trinajstić information content (AvgIpc) is 3.09. The molecule has 2 aromatic rings. The number of allylic oxidation sites excluding steroid dienone is 1. The predicted molar refractivity (Wildman–Crippen MR) is 94.5 cm³/mol. The number of furan rings is 1. The second kappa shape index (κ2) is 7.99. The molecule has 1 aromatic heterocycles. The van der Waals surface area contributed by atoms with Gasteiger partial charge in [-0.05, 0) is 42.0 Å². The molecule has 0 atom stereocenters. The first-order chi connectivity index (χ1) is 11.3. The summed E-state index contributed by atoms with van der Waals surface area (Å²) in [5.41, 5.74) is 1.30. The first-order valence-corrected chi connectivity index (χ1v) is 8.13. The molecule has 0 amide bonds. The third-order valence-corrected chi connectivity index (χ3v) is 4.04. The van der Waals surface area contributed by atoms with Crippen molar-refractivity contribution in [2.75, 3.05) is 26.2 Å². The van der Waals surface area contributed by atoms with Gasteiger partial charge in [-0.2, -0.15) is 5.10 Å². The lowest BCUT2D eigenvalue weighted by molar-refractivity contribution is 0.131. The Balaban J connectivity index is 1.42. The number of rotatable bonds is 5. The predicted octanol–water partition coefficient (Wildman–Crippen LogP) is 3.75. The van der Waals surface area contributed by atoms with E-state index in [0.717, 1.165) is 43.5 Å². The standard InChI is InChI=1S/C18H20ClN3O/c19-17-7-5-16(6-8-17)15-21-10-12-22(13-11-21)20-9-1-3-18-4-2-14-23-18/h1-9,14H,10-13,15H2/b3-1+,20-9+. The summed E-state index contributed by atoms with van der Waals surface area (Å²) in [6.07, 6.45) is 7.29. The van der Waals surface area contributed by atoms with Crippen LogP contribution >= 0.6 is 11.6 Å². The summed E-state index contributed by atoms with van der Waals surface area (Å²) in [6.45, 7) is 4.88. The zero-order chi connectivity index (χ0) is 15.9. The van der Waals surface area contributed by atoms with E-state index < -0.39 is 0 Å². The summed E-state index contributed by atoms with van der Waals surface area (Å²) in [5, 5.41) is 7.36. The minimum absolute atomic E-state index is 0.788. The van der Waals surface area contributed by atoms with Crippen LogP contribution in [0.5, 0.6) is 0 Å². The second-order valence-corrected chi connectivity index (χ2v) is 5.93. The molecule has 0 spiro atoms. The van der Waals surface area contributed by atoms with E-state index in [4.69, 9.17) is 16.0 Å². The Labute approximate surface area is 141 Å². The van der Waals surface area contributed by atoms with Crippen LogP contribution in [0, 0.1) is 0 Å². The Bertz CT molecular complexity index is 641. The molecule has 5 heteroatoms. The first-order valence-electron chi connectivity index (χ1n) is 7.75. The van der Waals surface area contributed by atoms with E-state index >= 15 is 0 Å². The van der Waals surface area contributed by atoms with Crippen molar-refractivity contribution in [2.24, 2.45) is 5.10 Å². The Hall–Kier alpha value is -2.04. The van der Waals surface area contributed by atoms with Crippen molar-refractivity contribution in [1.29, 1.82) is 0 Å². The molecule has 3 rings (SSSR count). The fourth-order valence-corrected chi connectivity index (χ4v) is 2.64. The van der Waals surface area contributed by atoms with Gasteiger partial charge in [0.2, 0.25) is 0 Å². The first kappa shape index (κ1) is 15.8. The van der Waals surface area contributed by atoms with Crippen molar-refractivity contribution in [2.45, 2.75) is 6.54 Å². The monoisotopic (exact) mass is 329 g/mol. The Morgan fingerprint density at radius 2 is 1.87 bits per heavy atom. The van der Waals surface area contributed by atoms with Gasteiger partial charge in [-0.25, -0.2) is 0 Å². The van der Waals surface area contributed by atoms with Gasteiger partial charge in [0, 0.05) is 44.0 Å². The lowest BCUT2D eigenvalue weighted by Crippen LogP contribution is -2.43. The quantitative estimate of drug-likeness (QED) is 0.783. The normalized spacial score (nSPS) is 16.7. The van der Waals surface area contributed by atoms with Crippen LogP contribution in [0.15, 0.2) is 58.3 Å². The van der Waals surface area contributed by atoms with Crippen LogP contribution in [0.1, 0.15) is 11.3 Å². The largest absolute Gasteiger partial charge is 0.465 e. The second-order valence-electron chi connectivity index (χ2n) is 5.50. The Morgan fingerprint density at radius 3 is 2.57 bits per heavy atom. The maximum absolute atomic E-state index is 5.92. The molecule has 23 heavy (non-hydrogen) atoms. The summed E-state index contributed by atoms with van der Waals surface area (Å²) in [7, 11) is 0. The van der Waals surface area contributed by atoms with E-state index in [9.17, 15) is 0 Å². The molecule has 2 heterocycles. The van der Waals surface area contributed by atoms with E-state index in [-0.39, 0.29) is 0 Å². The van der Waals surface area contributed by atoms with Crippen molar-refractivity contribution >= 4 is 23.9 Å². The van der Waals surface area contributed by atoms with E-state index in [2.05, 4.69) is 27.1 Å². The summed E-state index contributed by atoms with van der Waals surface area (Å²) in [6, 6.07) is 11.9. The highest BCUT2D eigenvalue weighted by atomic mass is 35.5. The van der Waals surface area contributed by atoms with Gasteiger partial charge in [0.15, 0.2) is 0 Å². The minimum atomic E-state index is 0.788. The van der Waals surface area contributed by atoms with E-state index in [1.165, 1.54) is 5.56 Å². The van der Waals surface area contributed by atoms with E-state index in [1.54, 1.807) is 6.26 Å². The van der Waals surface area contributed by atoms with Crippen LogP contribution in [0.3, 0.4) is 0 Å². The third-order valence-electron chi connectivity index (χ3n) is 3.79. The van der Waals surface area contributed by atoms with Crippen LogP contribution < -0.4 is 0 Å². The highest BCUT2D eigenvalue weighted by Gasteiger charge is 2.15. The summed E-state index contributed by atoms with van der Waals surface area (Å²) in [4.78, 5) is 2.44. The van der Waals surface area contributed by atoms with E-state index in [0.29, 0.717) is 0 Å². The highest BCUT2D eigenvalue weighted by Crippen LogP contribution is 2.13. The maximum atomic E-state index is 5.92. The van der Waals surface area contributed by atoms with Crippen molar-refractivity contribution in [3.63, 3.8) is 0 Å². The van der Waals surface area contributed by atoms with Gasteiger partial charge < -0.3 is 4.42 Å². The van der Waals surface area contributed by atoms with Crippen LogP contribution in [0.4, 0.5) is 0 Å². The Kier molecular flexibility index (Phi) is 5.51. The fraction of sp³-hybridized carbons (Fsp3) is 0.278. The molecule has 0 bridgehead atoms. The van der Waals surface area contributed by atoms with Gasteiger partial charge in [-0.1, -0.05) is 23.7 Å². The average molecular weight is 330 g/mol. The number of hydrogen-bond donors (Lipinski definition) is 0. The topological polar surface area (TPSA) is 32.0 Å². The van der Waals surface area contributed by atoms with Crippen molar-refractivity contribution in [3.05, 3.63) is 65.1 Å². The lowest BCUT2D eigenvalue weighted by Gasteiger charge is -2.32. The van der Waals surface area contributed by atoms with E-state index in [1.807, 2.05) is 42.6 Å². The molecule has 1 fully saturated rings. The molecule has 4 nitrogen and oxygen atoms in total. The number of nitrogens with zero attached hydrogens (tertiary/aromatic N) is 3. The molecule has 0 radical (unpaired) electrons. The maximum Gasteiger partial charge on any atom is 0.126 e. The molecule has 0 N–H and O–H groups in total. The molecule has 1 aromatic carbocycles. The molecular formula is C18H20ClN3O. The smallest absolute Gasteiger partial charge is 0.126 e. The van der Waals surface area contributed by atoms with Gasteiger partial charge >= 0.3 is 0 Å². The molecular weight excluding hydrogens is 310 g/mol. The summed E-state index contributed by atoms with van der Waals surface area (Å²) in [5.74, 6) is 0.837. The number of benzene rings is 1. The van der Waals surface area contributed by atoms with Gasteiger partial charge in [0.1, 0.15) is 5.76 Å². The minimum Gasteiger partial charge on any atom is -0.465 e. The molecule has 1 saturated heterocycles. The van der Waals surface area contributed by atoms with Crippen molar-refractivity contribution < 1.29 is 4.42 Å². The summed E-state index contributed by atoms with van der Waals surface area (Å²) < 4.78 is 5.23. The zero-order valence-corrected chi connectivity index (χ0v) is 13.7. The van der Waals surface area contributed by atoms with Gasteiger partial charge in [-0.15, -0.1) is 0 Å². The van der Waals surface area contributed by atoms with Crippen molar-refractivity contribution in [3.8, 4) is 0 Å². The molecule has 0 unspecified atom stereocenters. The molecule has 0 aliphatic carbocycles. The SMILES string of the molecule is Clc1ccc(CN2CCN(/N=C/C=C/c3ccco3)CC2)cc1.